The van der Waals surface area contributed by atoms with Crippen molar-refractivity contribution in [3.8, 4) is 16.3 Å². The number of rotatable bonds is 8. The Hall–Kier alpha value is -5.70. The van der Waals surface area contributed by atoms with Crippen LogP contribution in [0.4, 0.5) is 17.2 Å². The molecule has 1 N–H and O–H groups in total. The number of nitro benzene ring substituents is 1. The number of aromatic nitrogens is 2. The van der Waals surface area contributed by atoms with E-state index >= 15 is 4.79 Å². The van der Waals surface area contributed by atoms with Crippen LogP contribution in [0.5, 0.6) is 5.75 Å². The molecule has 290 valence electrons. The van der Waals surface area contributed by atoms with Crippen LogP contribution in [-0.4, -0.2) is 56.7 Å². The van der Waals surface area contributed by atoms with E-state index in [0.29, 0.717) is 22.3 Å². The number of non-ortho nitro benzene ring substituents is 1. The quantitative estimate of drug-likeness (QED) is 0.0754. The summed E-state index contributed by atoms with van der Waals surface area (Å²) in [4.78, 5) is 72.5. The number of aliphatic hydroxyl groups is 1. The first-order valence-electron chi connectivity index (χ1n) is 18.6. The number of nitrogens with zero attached hydrogens (tertiary/aromatic N) is 5. The van der Waals surface area contributed by atoms with E-state index in [1.807, 2.05) is 50.3 Å². The van der Waals surface area contributed by atoms with Crippen LogP contribution in [0.15, 0.2) is 84.4 Å². The Morgan fingerprint density at radius 3 is 2.42 bits per heavy atom. The number of fused-ring (bicyclic) bond motifs is 5. The van der Waals surface area contributed by atoms with Gasteiger partial charge >= 0.3 is 0 Å². The van der Waals surface area contributed by atoms with Gasteiger partial charge in [-0.2, -0.15) is 5.10 Å². The average molecular weight is 806 g/mol. The molecule has 2 aromatic heterocycles. The maximum absolute atomic E-state index is 15.1. The summed E-state index contributed by atoms with van der Waals surface area (Å²) in [5.74, 6) is -4.36. The third-order valence-corrected chi connectivity index (χ3v) is 13.9. The minimum absolute atomic E-state index is 0.101. The van der Waals surface area contributed by atoms with Crippen LogP contribution in [0.3, 0.4) is 0 Å². The molecule has 9 rings (SSSR count). The van der Waals surface area contributed by atoms with Gasteiger partial charge in [-0.05, 0) is 91.6 Å². The third kappa shape index (κ3) is 5.48. The molecular weight excluding hydrogens is 770 g/mol. The Balaban J connectivity index is 1.13. The lowest BCUT2D eigenvalue weighted by Gasteiger charge is -2.49. The molecule has 0 bridgehead atoms. The fourth-order valence-electron chi connectivity index (χ4n) is 9.73. The van der Waals surface area contributed by atoms with Gasteiger partial charge in [-0.1, -0.05) is 35.4 Å². The van der Waals surface area contributed by atoms with E-state index < -0.39 is 57.6 Å². The SMILES string of the molecule is Cc1c(-c2cc(N3C(=O)C4CC5C(=CCC6C(=O)N(c7ccc([N+](=O)[O-])cc7)C(=O)C65)C(c5ccc(OCCO)cc5)C4(C)C3=O)n(C)n2)sc2ccc(Cl)cc12. The molecule has 4 aliphatic rings. The number of hydrogen-bond acceptors (Lipinski definition) is 10. The van der Waals surface area contributed by atoms with E-state index in [9.17, 15) is 29.6 Å². The summed E-state index contributed by atoms with van der Waals surface area (Å²) in [6.45, 7) is 3.75. The molecule has 57 heavy (non-hydrogen) atoms. The topological polar surface area (TPSA) is 165 Å². The van der Waals surface area contributed by atoms with Gasteiger partial charge in [0.05, 0.1) is 45.3 Å². The second-order valence-corrected chi connectivity index (χ2v) is 16.8. The first-order chi connectivity index (χ1) is 27.3. The highest BCUT2D eigenvalue weighted by atomic mass is 35.5. The number of aryl methyl sites for hydroxylation is 2. The first-order valence-corrected chi connectivity index (χ1v) is 19.8. The largest absolute Gasteiger partial charge is 0.491 e. The number of anilines is 2. The number of hydrogen-bond donors (Lipinski definition) is 1. The van der Waals surface area contributed by atoms with Crippen molar-refractivity contribution in [3.63, 3.8) is 0 Å². The average Bonchev–Trinajstić information content (AvgIpc) is 3.87. The number of nitro groups is 1. The normalized spacial score (nSPS) is 25.5. The summed E-state index contributed by atoms with van der Waals surface area (Å²) in [6, 6.07) is 20.0. The Morgan fingerprint density at radius 2 is 1.72 bits per heavy atom. The number of benzene rings is 3. The highest BCUT2D eigenvalue weighted by Gasteiger charge is 2.68. The maximum atomic E-state index is 15.1. The number of halogens is 1. The van der Waals surface area contributed by atoms with Gasteiger partial charge in [0.25, 0.3) is 5.69 Å². The fraction of sp³-hybridized carbons (Fsp3) is 0.310. The summed E-state index contributed by atoms with van der Waals surface area (Å²) >= 11 is 7.87. The van der Waals surface area contributed by atoms with Crippen LogP contribution < -0.4 is 14.5 Å². The van der Waals surface area contributed by atoms with Crippen LogP contribution in [0, 0.1) is 46.1 Å². The Kier molecular flexibility index (Phi) is 8.72. The summed E-state index contributed by atoms with van der Waals surface area (Å²) in [5.41, 5.74) is 1.95. The van der Waals surface area contributed by atoms with E-state index in [0.717, 1.165) is 36.6 Å². The van der Waals surface area contributed by atoms with Crippen LogP contribution in [0.1, 0.15) is 36.8 Å². The van der Waals surface area contributed by atoms with Crippen LogP contribution in [0.2, 0.25) is 5.02 Å². The molecule has 2 aliphatic heterocycles. The smallest absolute Gasteiger partial charge is 0.269 e. The highest BCUT2D eigenvalue weighted by molar-refractivity contribution is 7.22. The number of allylic oxidation sites excluding steroid dienone is 2. The summed E-state index contributed by atoms with van der Waals surface area (Å²) in [7, 11) is 1.70. The molecule has 0 spiro atoms. The number of ether oxygens (including phenoxy) is 1. The van der Waals surface area contributed by atoms with Gasteiger partial charge in [0.1, 0.15) is 23.9 Å². The first kappa shape index (κ1) is 36.9. The zero-order valence-electron chi connectivity index (χ0n) is 31.0. The molecule has 15 heteroatoms. The van der Waals surface area contributed by atoms with E-state index in [2.05, 4.69) is 0 Å². The van der Waals surface area contributed by atoms with Gasteiger partial charge in [0.2, 0.25) is 23.6 Å². The van der Waals surface area contributed by atoms with E-state index in [4.69, 9.17) is 21.4 Å². The lowest BCUT2D eigenvalue weighted by atomic mass is 9.51. The molecular formula is C42H36ClN5O8S. The molecule has 0 radical (unpaired) electrons. The molecule has 3 aromatic carbocycles. The Labute approximate surface area is 335 Å². The van der Waals surface area contributed by atoms with Gasteiger partial charge in [0, 0.05) is 40.9 Å². The molecule has 6 atom stereocenters. The highest BCUT2D eigenvalue weighted by Crippen LogP contribution is 2.64. The minimum Gasteiger partial charge on any atom is -0.491 e. The van der Waals surface area contributed by atoms with Crippen molar-refractivity contribution < 1.29 is 33.9 Å². The predicted octanol–water partition coefficient (Wildman–Crippen LogP) is 6.98. The van der Waals surface area contributed by atoms with Crippen LogP contribution >= 0.6 is 22.9 Å². The minimum atomic E-state index is -1.28. The number of imide groups is 2. The van der Waals surface area contributed by atoms with Crippen LogP contribution in [-0.2, 0) is 26.2 Å². The van der Waals surface area contributed by atoms with E-state index in [-0.39, 0.29) is 43.3 Å². The zero-order valence-corrected chi connectivity index (χ0v) is 32.6. The molecule has 2 aliphatic carbocycles. The van der Waals surface area contributed by atoms with Gasteiger partial charge < -0.3 is 9.84 Å². The summed E-state index contributed by atoms with van der Waals surface area (Å²) < 4.78 is 8.22. The van der Waals surface area contributed by atoms with Gasteiger partial charge in [-0.15, -0.1) is 11.3 Å². The second kappa shape index (κ2) is 13.5. The maximum Gasteiger partial charge on any atom is 0.269 e. The molecule has 5 aromatic rings. The Bertz CT molecular complexity index is 2580. The van der Waals surface area contributed by atoms with Crippen molar-refractivity contribution in [1.82, 2.24) is 9.78 Å². The van der Waals surface area contributed by atoms with E-state index in [1.54, 1.807) is 41.3 Å². The predicted molar refractivity (Wildman–Crippen MR) is 213 cm³/mol. The van der Waals surface area contributed by atoms with Crippen molar-refractivity contribution in [1.29, 1.82) is 0 Å². The molecule has 4 heterocycles. The van der Waals surface area contributed by atoms with E-state index in [1.165, 1.54) is 29.2 Å². The van der Waals surface area contributed by atoms with Gasteiger partial charge in [0.15, 0.2) is 0 Å². The van der Waals surface area contributed by atoms with Crippen LogP contribution in [0.25, 0.3) is 20.7 Å². The standard InChI is InChI=1S/C42H36ClN5O8S/c1-21-29-18-23(43)6-15-33(29)57-37(21)32-20-34(45(3)44-32)47-39(51)31-19-30-27(36(42(31,2)41(47)53)22-4-11-26(12-5-22)56-17-16-49)13-14-28-35(30)40(52)46(38(28)50)24-7-9-25(10-8-24)48(54)55/h4-13,15,18,20,28,30-31,35-36,49H,14,16-17,19H2,1-3H3. The molecule has 4 amide bonds. The zero-order chi connectivity index (χ0) is 40.1. The molecule has 6 unspecified atom stereocenters. The summed E-state index contributed by atoms with van der Waals surface area (Å²) in [6.07, 6.45) is 2.38. The second-order valence-electron chi connectivity index (χ2n) is 15.3. The monoisotopic (exact) mass is 805 g/mol. The van der Waals surface area contributed by atoms with Crippen molar-refractivity contribution in [2.24, 2.45) is 36.1 Å². The molecule has 13 nitrogen and oxygen atoms in total. The van der Waals surface area contributed by atoms with Gasteiger partial charge in [-0.25, -0.2) is 4.90 Å². The van der Waals surface area contributed by atoms with Crippen molar-refractivity contribution >= 4 is 73.8 Å². The number of carbonyl (C=O) groups is 4. The van der Waals surface area contributed by atoms with Crippen molar-refractivity contribution in [2.45, 2.75) is 32.6 Å². The summed E-state index contributed by atoms with van der Waals surface area (Å²) in [5, 5.41) is 27.0. The number of amides is 4. The third-order valence-electron chi connectivity index (χ3n) is 12.4. The molecule has 2 saturated heterocycles. The molecule has 3 fully saturated rings. The number of carbonyl (C=O) groups excluding carboxylic acids is 4. The van der Waals surface area contributed by atoms with Gasteiger partial charge in [-0.3, -0.25) is 38.9 Å². The van der Waals surface area contributed by atoms with Crippen molar-refractivity contribution in [3.05, 3.63) is 111 Å². The number of thiophene rings is 1. The lowest BCUT2D eigenvalue weighted by molar-refractivity contribution is -0.384. The number of aliphatic hydroxyl groups excluding tert-OH is 1. The fourth-order valence-corrected chi connectivity index (χ4v) is 11.0. The van der Waals surface area contributed by atoms with Crippen molar-refractivity contribution in [2.75, 3.05) is 23.0 Å². The Morgan fingerprint density at radius 1 is 0.982 bits per heavy atom. The molecule has 1 saturated carbocycles. The lowest BCUT2D eigenvalue weighted by Crippen LogP contribution is -2.48.